The summed E-state index contributed by atoms with van der Waals surface area (Å²) in [6, 6.07) is 14.6. The van der Waals surface area contributed by atoms with Crippen LogP contribution >= 0.6 is 0 Å². The van der Waals surface area contributed by atoms with Gasteiger partial charge < -0.3 is 5.32 Å². The second-order valence-electron chi connectivity index (χ2n) is 4.74. The Hall–Kier alpha value is -1.83. The predicted molar refractivity (Wildman–Crippen MR) is 75.5 cm³/mol. The number of hydrogen-bond donors (Lipinski definition) is 1. The number of nitrogens with one attached hydrogen (secondary N) is 1. The molecule has 0 heterocycles. The van der Waals surface area contributed by atoms with Crippen molar-refractivity contribution in [2.24, 2.45) is 0 Å². The summed E-state index contributed by atoms with van der Waals surface area (Å²) in [7, 11) is 0. The fourth-order valence-electron chi connectivity index (χ4n) is 1.96. The first kappa shape index (κ1) is 12.6. The molecule has 2 aromatic rings. The van der Waals surface area contributed by atoms with Crippen molar-refractivity contribution in [3.05, 3.63) is 48.0 Å². The first-order valence-electron chi connectivity index (χ1n) is 6.46. The number of amides is 1. The van der Waals surface area contributed by atoms with Crippen molar-refractivity contribution in [2.45, 2.75) is 32.7 Å². The normalized spacial score (nSPS) is 12.3. The Morgan fingerprint density at radius 1 is 1.17 bits per heavy atom. The largest absolute Gasteiger partial charge is 0.353 e. The van der Waals surface area contributed by atoms with Crippen molar-refractivity contribution in [1.29, 1.82) is 0 Å². The molecule has 0 aliphatic carbocycles. The molecule has 0 aliphatic rings. The number of benzene rings is 2. The summed E-state index contributed by atoms with van der Waals surface area (Å²) in [5.74, 6) is 0.0969. The lowest BCUT2D eigenvalue weighted by molar-refractivity contribution is -0.121. The molecular formula is C16H19NO. The molecule has 0 bridgehead atoms. The van der Waals surface area contributed by atoms with E-state index >= 15 is 0 Å². The van der Waals surface area contributed by atoms with Crippen LogP contribution in [0.2, 0.25) is 0 Å². The van der Waals surface area contributed by atoms with Crippen LogP contribution in [0.25, 0.3) is 10.8 Å². The lowest BCUT2D eigenvalue weighted by Crippen LogP contribution is -2.33. The van der Waals surface area contributed by atoms with Gasteiger partial charge in [-0.05, 0) is 29.7 Å². The lowest BCUT2D eigenvalue weighted by Gasteiger charge is -2.11. The molecular weight excluding hydrogens is 222 g/mol. The van der Waals surface area contributed by atoms with Crippen molar-refractivity contribution in [3.63, 3.8) is 0 Å². The zero-order chi connectivity index (χ0) is 13.0. The zero-order valence-corrected chi connectivity index (χ0v) is 10.9. The minimum absolute atomic E-state index is 0.0969. The molecule has 94 valence electrons. The molecule has 0 radical (unpaired) electrons. The van der Waals surface area contributed by atoms with Crippen molar-refractivity contribution in [2.75, 3.05) is 0 Å². The fraction of sp³-hybridized carbons (Fsp3) is 0.312. The van der Waals surface area contributed by atoms with Crippen LogP contribution in [0.3, 0.4) is 0 Å². The van der Waals surface area contributed by atoms with Gasteiger partial charge in [-0.25, -0.2) is 0 Å². The van der Waals surface area contributed by atoms with Crippen LogP contribution in [-0.2, 0) is 11.2 Å². The summed E-state index contributed by atoms with van der Waals surface area (Å²) in [5.41, 5.74) is 1.06. The molecule has 2 heteroatoms. The molecule has 18 heavy (non-hydrogen) atoms. The summed E-state index contributed by atoms with van der Waals surface area (Å²) in [6.45, 7) is 4.10. The van der Waals surface area contributed by atoms with E-state index in [9.17, 15) is 4.79 Å². The van der Waals surface area contributed by atoms with E-state index in [0.717, 1.165) is 12.0 Å². The lowest BCUT2D eigenvalue weighted by atomic mass is 10.0. The van der Waals surface area contributed by atoms with Gasteiger partial charge in [0.25, 0.3) is 0 Å². The molecule has 1 atom stereocenters. The van der Waals surface area contributed by atoms with Crippen molar-refractivity contribution in [3.8, 4) is 0 Å². The van der Waals surface area contributed by atoms with E-state index in [1.54, 1.807) is 0 Å². The summed E-state index contributed by atoms with van der Waals surface area (Å²) in [4.78, 5) is 11.8. The van der Waals surface area contributed by atoms with Gasteiger partial charge >= 0.3 is 0 Å². The number of hydrogen-bond acceptors (Lipinski definition) is 1. The average molecular weight is 241 g/mol. The van der Waals surface area contributed by atoms with E-state index in [-0.39, 0.29) is 11.9 Å². The maximum Gasteiger partial charge on any atom is 0.224 e. The third-order valence-corrected chi connectivity index (χ3v) is 3.20. The van der Waals surface area contributed by atoms with Crippen LogP contribution in [0.1, 0.15) is 25.8 Å². The van der Waals surface area contributed by atoms with Gasteiger partial charge in [0.05, 0.1) is 6.42 Å². The standard InChI is InChI=1S/C16H19NO/c1-3-12(2)17-16(18)11-13-8-9-14-6-4-5-7-15(14)10-13/h4-10,12H,3,11H2,1-2H3,(H,17,18)/t12-/m0/s1. The number of rotatable bonds is 4. The van der Waals surface area contributed by atoms with Gasteiger partial charge in [-0.3, -0.25) is 4.79 Å². The summed E-state index contributed by atoms with van der Waals surface area (Å²) in [6.07, 6.45) is 1.42. The van der Waals surface area contributed by atoms with Crippen LogP contribution in [-0.4, -0.2) is 11.9 Å². The molecule has 1 N–H and O–H groups in total. The van der Waals surface area contributed by atoms with Crippen LogP contribution in [0.15, 0.2) is 42.5 Å². The smallest absolute Gasteiger partial charge is 0.224 e. The van der Waals surface area contributed by atoms with Gasteiger partial charge in [0, 0.05) is 6.04 Å². The molecule has 0 aromatic heterocycles. The van der Waals surface area contributed by atoms with E-state index < -0.39 is 0 Å². The van der Waals surface area contributed by atoms with Gasteiger partial charge in [0.15, 0.2) is 0 Å². The Balaban J connectivity index is 2.10. The summed E-state index contributed by atoms with van der Waals surface area (Å²) >= 11 is 0. The van der Waals surface area contributed by atoms with E-state index in [1.807, 2.05) is 25.1 Å². The minimum Gasteiger partial charge on any atom is -0.353 e. The van der Waals surface area contributed by atoms with Gasteiger partial charge in [0.1, 0.15) is 0 Å². The van der Waals surface area contributed by atoms with E-state index in [1.165, 1.54) is 10.8 Å². The van der Waals surface area contributed by atoms with Crippen molar-refractivity contribution in [1.82, 2.24) is 5.32 Å². The third-order valence-electron chi connectivity index (χ3n) is 3.20. The highest BCUT2D eigenvalue weighted by Gasteiger charge is 2.06. The predicted octanol–water partition coefficient (Wildman–Crippen LogP) is 3.30. The topological polar surface area (TPSA) is 29.1 Å². The Kier molecular flexibility index (Phi) is 3.98. The van der Waals surface area contributed by atoms with Gasteiger partial charge in [0.2, 0.25) is 5.91 Å². The van der Waals surface area contributed by atoms with E-state index in [2.05, 4.69) is 36.5 Å². The Morgan fingerprint density at radius 3 is 2.61 bits per heavy atom. The maximum atomic E-state index is 11.8. The highest BCUT2D eigenvalue weighted by molar-refractivity contribution is 5.85. The minimum atomic E-state index is 0.0969. The highest BCUT2D eigenvalue weighted by atomic mass is 16.1. The van der Waals surface area contributed by atoms with Crippen LogP contribution in [0.4, 0.5) is 0 Å². The molecule has 1 amide bonds. The summed E-state index contributed by atoms with van der Waals surface area (Å²) in [5, 5.41) is 5.39. The molecule has 2 nitrogen and oxygen atoms in total. The van der Waals surface area contributed by atoms with Crippen LogP contribution < -0.4 is 5.32 Å². The molecule has 2 aromatic carbocycles. The van der Waals surface area contributed by atoms with Gasteiger partial charge in [-0.15, -0.1) is 0 Å². The third kappa shape index (κ3) is 3.10. The van der Waals surface area contributed by atoms with E-state index in [0.29, 0.717) is 6.42 Å². The van der Waals surface area contributed by atoms with Gasteiger partial charge in [-0.2, -0.15) is 0 Å². The first-order chi connectivity index (χ1) is 8.69. The second-order valence-corrected chi connectivity index (χ2v) is 4.74. The highest BCUT2D eigenvalue weighted by Crippen LogP contribution is 2.15. The molecule has 0 aliphatic heterocycles. The number of fused-ring (bicyclic) bond motifs is 1. The molecule has 0 saturated carbocycles. The van der Waals surface area contributed by atoms with Gasteiger partial charge in [-0.1, -0.05) is 49.4 Å². The number of carbonyl (C=O) groups is 1. The SMILES string of the molecule is CC[C@H](C)NC(=O)Cc1ccc2ccccc2c1. The molecule has 2 rings (SSSR count). The Labute approximate surface area is 108 Å². The molecule has 0 fully saturated rings. The van der Waals surface area contributed by atoms with Crippen LogP contribution in [0, 0.1) is 0 Å². The molecule has 0 unspecified atom stereocenters. The average Bonchev–Trinajstić information content (AvgIpc) is 2.38. The number of carbonyl (C=O) groups excluding carboxylic acids is 1. The zero-order valence-electron chi connectivity index (χ0n) is 10.9. The van der Waals surface area contributed by atoms with Crippen LogP contribution in [0.5, 0.6) is 0 Å². The maximum absolute atomic E-state index is 11.8. The first-order valence-corrected chi connectivity index (χ1v) is 6.46. The monoisotopic (exact) mass is 241 g/mol. The fourth-order valence-corrected chi connectivity index (χ4v) is 1.96. The molecule has 0 saturated heterocycles. The Morgan fingerprint density at radius 2 is 1.89 bits per heavy atom. The molecule has 0 spiro atoms. The van der Waals surface area contributed by atoms with Crippen molar-refractivity contribution >= 4 is 16.7 Å². The quantitative estimate of drug-likeness (QED) is 0.874. The van der Waals surface area contributed by atoms with Crippen molar-refractivity contribution < 1.29 is 4.79 Å². The Bertz CT molecular complexity index is 548. The second kappa shape index (κ2) is 5.67. The summed E-state index contributed by atoms with van der Waals surface area (Å²) < 4.78 is 0. The van der Waals surface area contributed by atoms with E-state index in [4.69, 9.17) is 0 Å².